The molecule has 1 aliphatic carbocycles. The Hall–Kier alpha value is -0.280. The topological polar surface area (TPSA) is 0 Å². The molecule has 2 unspecified atom stereocenters. The van der Waals surface area contributed by atoms with E-state index < -0.39 is 24.7 Å². The van der Waals surface area contributed by atoms with Crippen LogP contribution >= 0.6 is 0 Å². The molecule has 1 aliphatic rings. The summed E-state index contributed by atoms with van der Waals surface area (Å²) in [6.07, 6.45) is -4.54. The average molecular weight is 141 g/mol. The minimum Gasteiger partial charge on any atom is -0.241 e. The third-order valence-electron chi connectivity index (χ3n) is 1.34. The Bertz CT molecular complexity index is 99.5. The maximum atomic E-state index is 12.0. The fraction of sp³-hybridized carbons (Fsp3) is 0.800. The standard InChI is InChI=1S/C5H5F4/c6-3-1-2-4(7)5(3,8)9/h1,3-4H,2H2. The number of rotatable bonds is 0. The van der Waals surface area contributed by atoms with E-state index in [1.165, 1.54) is 0 Å². The van der Waals surface area contributed by atoms with Crippen molar-refractivity contribution >= 4 is 0 Å². The van der Waals surface area contributed by atoms with Gasteiger partial charge in [0.2, 0.25) is 0 Å². The molecule has 0 aromatic carbocycles. The zero-order valence-corrected chi connectivity index (χ0v) is 4.45. The first-order chi connectivity index (χ1) is 4.05. The molecular weight excluding hydrogens is 136 g/mol. The molecule has 0 nitrogen and oxygen atoms in total. The Morgan fingerprint density at radius 1 is 1.33 bits per heavy atom. The van der Waals surface area contributed by atoms with Crippen LogP contribution in [0.5, 0.6) is 0 Å². The van der Waals surface area contributed by atoms with Gasteiger partial charge in [-0.3, -0.25) is 0 Å². The molecule has 0 spiro atoms. The van der Waals surface area contributed by atoms with Gasteiger partial charge < -0.3 is 0 Å². The van der Waals surface area contributed by atoms with Crippen molar-refractivity contribution in [3.8, 4) is 0 Å². The third-order valence-corrected chi connectivity index (χ3v) is 1.34. The molecule has 53 valence electrons. The summed E-state index contributed by atoms with van der Waals surface area (Å²) in [5, 5.41) is 0. The van der Waals surface area contributed by atoms with Gasteiger partial charge in [0.15, 0.2) is 12.3 Å². The van der Waals surface area contributed by atoms with Gasteiger partial charge in [-0.25, -0.2) is 17.6 Å². The first-order valence-corrected chi connectivity index (χ1v) is 2.54. The van der Waals surface area contributed by atoms with Crippen molar-refractivity contribution in [3.63, 3.8) is 0 Å². The Balaban J connectivity index is 2.66. The summed E-state index contributed by atoms with van der Waals surface area (Å²) in [5.74, 6) is -3.78. The van der Waals surface area contributed by atoms with Crippen LogP contribution in [0.2, 0.25) is 0 Å². The minimum atomic E-state index is -3.78. The molecule has 0 aliphatic heterocycles. The van der Waals surface area contributed by atoms with Crippen LogP contribution in [0.4, 0.5) is 17.6 Å². The van der Waals surface area contributed by atoms with Crippen molar-refractivity contribution in [2.45, 2.75) is 24.7 Å². The molecule has 0 aromatic heterocycles. The van der Waals surface area contributed by atoms with E-state index in [-0.39, 0.29) is 0 Å². The monoisotopic (exact) mass is 141 g/mol. The summed E-state index contributed by atoms with van der Waals surface area (Å²) in [6, 6.07) is 0. The molecule has 0 aromatic rings. The summed E-state index contributed by atoms with van der Waals surface area (Å²) in [6.45, 7) is 0. The predicted molar refractivity (Wildman–Crippen MR) is 23.7 cm³/mol. The fourth-order valence-electron chi connectivity index (χ4n) is 0.726. The molecule has 0 heterocycles. The number of hydrogen-bond acceptors (Lipinski definition) is 0. The van der Waals surface area contributed by atoms with Crippen LogP contribution in [0.25, 0.3) is 0 Å². The molecule has 1 radical (unpaired) electrons. The van der Waals surface area contributed by atoms with Crippen LogP contribution < -0.4 is 0 Å². The van der Waals surface area contributed by atoms with Gasteiger partial charge in [-0.2, -0.15) is 0 Å². The molecule has 0 N–H and O–H groups in total. The fourth-order valence-corrected chi connectivity index (χ4v) is 0.726. The zero-order chi connectivity index (χ0) is 7.07. The van der Waals surface area contributed by atoms with E-state index in [1.54, 1.807) is 0 Å². The first-order valence-electron chi connectivity index (χ1n) is 2.54. The van der Waals surface area contributed by atoms with Crippen molar-refractivity contribution < 1.29 is 17.6 Å². The lowest BCUT2D eigenvalue weighted by atomic mass is 10.2. The van der Waals surface area contributed by atoms with Crippen LogP contribution in [0.3, 0.4) is 0 Å². The highest BCUT2D eigenvalue weighted by Crippen LogP contribution is 2.38. The van der Waals surface area contributed by atoms with Crippen molar-refractivity contribution in [1.29, 1.82) is 0 Å². The van der Waals surface area contributed by atoms with E-state index in [2.05, 4.69) is 0 Å². The Morgan fingerprint density at radius 2 is 1.89 bits per heavy atom. The second kappa shape index (κ2) is 1.85. The number of hydrogen-bond donors (Lipinski definition) is 0. The van der Waals surface area contributed by atoms with Gasteiger partial charge in [0.05, 0.1) is 0 Å². The molecular formula is C5H5F4. The van der Waals surface area contributed by atoms with E-state index in [0.717, 1.165) is 0 Å². The lowest BCUT2D eigenvalue weighted by Gasteiger charge is -2.12. The van der Waals surface area contributed by atoms with Crippen LogP contribution in [0.1, 0.15) is 6.42 Å². The van der Waals surface area contributed by atoms with Gasteiger partial charge in [-0.05, 0) is 6.42 Å². The SMILES string of the molecule is FC1[CH]CC(F)C1(F)F. The highest BCUT2D eigenvalue weighted by atomic mass is 19.3. The van der Waals surface area contributed by atoms with E-state index in [4.69, 9.17) is 0 Å². The van der Waals surface area contributed by atoms with Crippen molar-refractivity contribution in [2.24, 2.45) is 0 Å². The highest BCUT2D eigenvalue weighted by molar-refractivity contribution is 5.03. The molecule has 0 bridgehead atoms. The van der Waals surface area contributed by atoms with Gasteiger partial charge in [0.1, 0.15) is 0 Å². The smallest absolute Gasteiger partial charge is 0.241 e. The quantitative estimate of drug-likeness (QED) is 0.452. The maximum Gasteiger partial charge on any atom is 0.309 e. The molecule has 9 heavy (non-hydrogen) atoms. The first kappa shape index (κ1) is 6.83. The Morgan fingerprint density at radius 3 is 2.00 bits per heavy atom. The van der Waals surface area contributed by atoms with Crippen molar-refractivity contribution in [1.82, 2.24) is 0 Å². The molecule has 2 atom stereocenters. The Kier molecular flexibility index (Phi) is 1.41. The zero-order valence-electron chi connectivity index (χ0n) is 4.45. The van der Waals surface area contributed by atoms with Gasteiger partial charge in [-0.1, -0.05) is 0 Å². The normalized spacial score (nSPS) is 41.3. The lowest BCUT2D eigenvalue weighted by Crippen LogP contribution is -2.31. The van der Waals surface area contributed by atoms with Crippen LogP contribution in [0.15, 0.2) is 0 Å². The van der Waals surface area contributed by atoms with Gasteiger partial charge >= 0.3 is 5.92 Å². The van der Waals surface area contributed by atoms with E-state index >= 15 is 0 Å². The molecule has 0 amide bonds. The number of alkyl halides is 4. The number of halogens is 4. The second-order valence-corrected chi connectivity index (χ2v) is 2.02. The van der Waals surface area contributed by atoms with Gasteiger partial charge in [-0.15, -0.1) is 0 Å². The van der Waals surface area contributed by atoms with Crippen molar-refractivity contribution in [2.75, 3.05) is 0 Å². The van der Waals surface area contributed by atoms with Crippen LogP contribution in [-0.4, -0.2) is 18.3 Å². The summed E-state index contributed by atoms with van der Waals surface area (Å²) >= 11 is 0. The van der Waals surface area contributed by atoms with Crippen molar-refractivity contribution in [3.05, 3.63) is 6.42 Å². The average Bonchev–Trinajstić information content (AvgIpc) is 1.96. The summed E-state index contributed by atoms with van der Waals surface area (Å²) < 4.78 is 47.7. The van der Waals surface area contributed by atoms with Crippen LogP contribution in [-0.2, 0) is 0 Å². The summed E-state index contributed by atoms with van der Waals surface area (Å²) in [7, 11) is 0. The van der Waals surface area contributed by atoms with E-state index in [9.17, 15) is 17.6 Å². The minimum absolute atomic E-state index is 0.478. The molecule has 4 heteroatoms. The summed E-state index contributed by atoms with van der Waals surface area (Å²) in [5.41, 5.74) is 0. The van der Waals surface area contributed by atoms with E-state index in [1.807, 2.05) is 0 Å². The molecule has 1 saturated carbocycles. The maximum absolute atomic E-state index is 12.0. The molecule has 1 fully saturated rings. The second-order valence-electron chi connectivity index (χ2n) is 2.02. The predicted octanol–water partition coefficient (Wildman–Crippen LogP) is 1.91. The van der Waals surface area contributed by atoms with E-state index in [0.29, 0.717) is 6.42 Å². The Labute approximate surface area is 49.9 Å². The molecule has 1 rings (SSSR count). The third kappa shape index (κ3) is 0.904. The largest absolute Gasteiger partial charge is 0.309 e. The van der Waals surface area contributed by atoms with Gasteiger partial charge in [0, 0.05) is 6.42 Å². The lowest BCUT2D eigenvalue weighted by molar-refractivity contribution is -0.0906. The van der Waals surface area contributed by atoms with Crippen LogP contribution in [0, 0.1) is 6.42 Å². The van der Waals surface area contributed by atoms with Gasteiger partial charge in [0.25, 0.3) is 0 Å². The molecule has 0 saturated heterocycles. The highest BCUT2D eigenvalue weighted by Gasteiger charge is 2.53. The summed E-state index contributed by atoms with van der Waals surface area (Å²) in [4.78, 5) is 0.